The number of carbonyl (C=O) groups is 2. The molecule has 24 heavy (non-hydrogen) atoms. The Hall–Kier alpha value is -1.88. The lowest BCUT2D eigenvalue weighted by atomic mass is 9.94. The zero-order valence-corrected chi connectivity index (χ0v) is 14.2. The van der Waals surface area contributed by atoms with E-state index in [4.69, 9.17) is 9.47 Å². The number of likely N-dealkylation sites (tertiary alicyclic amines) is 1. The summed E-state index contributed by atoms with van der Waals surface area (Å²) in [5, 5.41) is 0. The zero-order chi connectivity index (χ0) is 16.9. The number of nitrogens with zero attached hydrogens (tertiary/aromatic N) is 1. The first-order valence-corrected chi connectivity index (χ1v) is 8.77. The summed E-state index contributed by atoms with van der Waals surface area (Å²) < 4.78 is 10.0. The van der Waals surface area contributed by atoms with Gasteiger partial charge in [-0.15, -0.1) is 0 Å². The van der Waals surface area contributed by atoms with Crippen molar-refractivity contribution in [2.45, 2.75) is 38.1 Å². The molecule has 0 amide bonds. The van der Waals surface area contributed by atoms with Gasteiger partial charge in [0, 0.05) is 0 Å². The molecule has 2 unspecified atom stereocenters. The Balaban J connectivity index is 1.51. The van der Waals surface area contributed by atoms with E-state index < -0.39 is 0 Å². The highest BCUT2D eigenvalue weighted by atomic mass is 16.5. The number of carbonyl (C=O) groups excluding carboxylic acids is 2. The molecule has 2 fully saturated rings. The van der Waals surface area contributed by atoms with Crippen LogP contribution in [0.15, 0.2) is 24.3 Å². The molecule has 0 N–H and O–H groups in total. The maximum Gasteiger partial charge on any atom is 0.337 e. The molecule has 0 bridgehead atoms. The molecule has 2 saturated heterocycles. The van der Waals surface area contributed by atoms with E-state index in [9.17, 15) is 9.59 Å². The summed E-state index contributed by atoms with van der Waals surface area (Å²) in [4.78, 5) is 25.9. The Morgan fingerprint density at radius 3 is 2.62 bits per heavy atom. The third-order valence-electron chi connectivity index (χ3n) is 5.13. The van der Waals surface area contributed by atoms with Crippen LogP contribution in [0.25, 0.3) is 0 Å². The number of benzene rings is 1. The molecular formula is C19H25NO4. The Morgan fingerprint density at radius 2 is 1.96 bits per heavy atom. The van der Waals surface area contributed by atoms with Crippen molar-refractivity contribution in [1.29, 1.82) is 0 Å². The number of aryl methyl sites for hydroxylation is 1. The van der Waals surface area contributed by atoms with Crippen LogP contribution in [-0.4, -0.2) is 49.7 Å². The Labute approximate surface area is 142 Å². The summed E-state index contributed by atoms with van der Waals surface area (Å²) in [6.07, 6.45) is 5.16. The molecule has 2 aliphatic rings. The third kappa shape index (κ3) is 3.78. The van der Waals surface area contributed by atoms with Crippen molar-refractivity contribution in [3.05, 3.63) is 35.4 Å². The van der Waals surface area contributed by atoms with E-state index in [1.807, 2.05) is 12.1 Å². The van der Waals surface area contributed by atoms with E-state index in [2.05, 4.69) is 4.90 Å². The van der Waals surface area contributed by atoms with Gasteiger partial charge in [-0.25, -0.2) is 4.79 Å². The number of methoxy groups -OCH3 is 1. The summed E-state index contributed by atoms with van der Waals surface area (Å²) >= 11 is 0. The summed E-state index contributed by atoms with van der Waals surface area (Å²) in [7, 11) is 1.38. The molecule has 2 heterocycles. The minimum absolute atomic E-state index is 0.0115. The van der Waals surface area contributed by atoms with Crippen LogP contribution in [-0.2, 0) is 20.7 Å². The van der Waals surface area contributed by atoms with E-state index in [-0.39, 0.29) is 23.9 Å². The van der Waals surface area contributed by atoms with Crippen LogP contribution in [0, 0.1) is 5.92 Å². The summed E-state index contributed by atoms with van der Waals surface area (Å²) in [6, 6.07) is 7.76. The molecule has 2 atom stereocenters. The molecule has 2 aliphatic heterocycles. The minimum Gasteiger partial charge on any atom is -0.465 e. The van der Waals surface area contributed by atoms with Crippen LogP contribution >= 0.6 is 0 Å². The average Bonchev–Trinajstić information content (AvgIpc) is 3.25. The van der Waals surface area contributed by atoms with Crippen LogP contribution < -0.4 is 0 Å². The van der Waals surface area contributed by atoms with Crippen LogP contribution in [0.1, 0.15) is 41.6 Å². The molecule has 0 spiro atoms. The number of cyclic esters (lactones) is 1. The highest BCUT2D eigenvalue weighted by Gasteiger charge is 2.40. The van der Waals surface area contributed by atoms with E-state index in [1.54, 1.807) is 12.1 Å². The van der Waals surface area contributed by atoms with E-state index in [0.717, 1.165) is 32.4 Å². The van der Waals surface area contributed by atoms with E-state index >= 15 is 0 Å². The van der Waals surface area contributed by atoms with Crippen molar-refractivity contribution in [1.82, 2.24) is 4.90 Å². The molecule has 1 aromatic rings. The fourth-order valence-electron chi connectivity index (χ4n) is 3.74. The fraction of sp³-hybridized carbons (Fsp3) is 0.579. The van der Waals surface area contributed by atoms with Gasteiger partial charge in [0.25, 0.3) is 0 Å². The summed E-state index contributed by atoms with van der Waals surface area (Å²) in [6.45, 7) is 2.73. The molecular weight excluding hydrogens is 306 g/mol. The van der Waals surface area contributed by atoms with Crippen LogP contribution in [0.3, 0.4) is 0 Å². The van der Waals surface area contributed by atoms with Gasteiger partial charge in [0.05, 0.1) is 24.6 Å². The lowest BCUT2D eigenvalue weighted by Gasteiger charge is -2.25. The minimum atomic E-state index is -0.316. The summed E-state index contributed by atoms with van der Waals surface area (Å²) in [5.74, 6) is -0.339. The van der Waals surface area contributed by atoms with Crippen LogP contribution in [0.4, 0.5) is 0 Å². The third-order valence-corrected chi connectivity index (χ3v) is 5.13. The van der Waals surface area contributed by atoms with Crippen LogP contribution in [0.2, 0.25) is 0 Å². The number of hydrogen-bond acceptors (Lipinski definition) is 5. The molecule has 5 heteroatoms. The van der Waals surface area contributed by atoms with Gasteiger partial charge in [-0.05, 0) is 62.9 Å². The van der Waals surface area contributed by atoms with Gasteiger partial charge >= 0.3 is 11.9 Å². The van der Waals surface area contributed by atoms with Crippen LogP contribution in [0.5, 0.6) is 0 Å². The molecule has 130 valence electrons. The first kappa shape index (κ1) is 17.0. The van der Waals surface area contributed by atoms with Gasteiger partial charge in [-0.2, -0.15) is 0 Å². The van der Waals surface area contributed by atoms with Gasteiger partial charge in [0.1, 0.15) is 6.61 Å². The lowest BCUT2D eigenvalue weighted by molar-refractivity contribution is -0.141. The number of hydrogen-bond donors (Lipinski definition) is 0. The maximum absolute atomic E-state index is 12.0. The molecule has 1 aromatic carbocycles. The topological polar surface area (TPSA) is 55.8 Å². The van der Waals surface area contributed by atoms with E-state index in [1.165, 1.54) is 25.5 Å². The first-order valence-electron chi connectivity index (χ1n) is 8.77. The van der Waals surface area contributed by atoms with Crippen molar-refractivity contribution < 1.29 is 19.1 Å². The zero-order valence-electron chi connectivity index (χ0n) is 14.2. The Kier molecular flexibility index (Phi) is 5.51. The second-order valence-corrected chi connectivity index (χ2v) is 6.63. The summed E-state index contributed by atoms with van der Waals surface area (Å²) in [5.41, 5.74) is 1.74. The highest BCUT2D eigenvalue weighted by Crippen LogP contribution is 2.28. The smallest absolute Gasteiger partial charge is 0.337 e. The van der Waals surface area contributed by atoms with E-state index in [0.29, 0.717) is 12.2 Å². The number of ether oxygens (including phenoxy) is 2. The second kappa shape index (κ2) is 7.79. The molecule has 3 rings (SSSR count). The van der Waals surface area contributed by atoms with Crippen molar-refractivity contribution in [2.24, 2.45) is 5.92 Å². The van der Waals surface area contributed by atoms with Crippen molar-refractivity contribution >= 4 is 11.9 Å². The normalized spacial score (nSPS) is 24.1. The lowest BCUT2D eigenvalue weighted by Crippen LogP contribution is -2.39. The predicted octanol–water partition coefficient (Wildman–Crippen LogP) is 2.43. The van der Waals surface area contributed by atoms with Gasteiger partial charge in [0.15, 0.2) is 0 Å². The Bertz CT molecular complexity index is 578. The second-order valence-electron chi connectivity index (χ2n) is 6.63. The van der Waals surface area contributed by atoms with Gasteiger partial charge in [-0.3, -0.25) is 9.69 Å². The maximum atomic E-state index is 12.0. The quantitative estimate of drug-likeness (QED) is 0.750. The van der Waals surface area contributed by atoms with Crippen molar-refractivity contribution in [3.63, 3.8) is 0 Å². The predicted molar refractivity (Wildman–Crippen MR) is 89.8 cm³/mol. The first-order chi connectivity index (χ1) is 11.7. The number of rotatable bonds is 6. The average molecular weight is 331 g/mol. The molecule has 0 aliphatic carbocycles. The molecule has 0 radical (unpaired) electrons. The van der Waals surface area contributed by atoms with Gasteiger partial charge < -0.3 is 9.47 Å². The number of esters is 2. The largest absolute Gasteiger partial charge is 0.465 e. The monoisotopic (exact) mass is 331 g/mol. The standard InChI is InChI=1S/C19H25NO4/c1-23-18(21)15-9-7-14(8-10-15)5-4-6-16-17(13-24-19(16)22)20-11-2-3-12-20/h7-10,16-17H,2-6,11-13H2,1H3. The SMILES string of the molecule is COC(=O)c1ccc(CCCC2C(=O)OCC2N2CCCC2)cc1. The van der Waals surface area contributed by atoms with Gasteiger partial charge in [0.2, 0.25) is 0 Å². The highest BCUT2D eigenvalue weighted by molar-refractivity contribution is 5.89. The fourth-order valence-corrected chi connectivity index (χ4v) is 3.74. The van der Waals surface area contributed by atoms with Gasteiger partial charge in [-0.1, -0.05) is 12.1 Å². The molecule has 0 aromatic heterocycles. The molecule has 5 nitrogen and oxygen atoms in total. The van der Waals surface area contributed by atoms with Crippen molar-refractivity contribution in [2.75, 3.05) is 26.8 Å². The Morgan fingerprint density at radius 1 is 1.25 bits per heavy atom. The molecule has 0 saturated carbocycles. The van der Waals surface area contributed by atoms with Crippen molar-refractivity contribution in [3.8, 4) is 0 Å².